The van der Waals surface area contributed by atoms with E-state index < -0.39 is 29.9 Å². The van der Waals surface area contributed by atoms with Gasteiger partial charge >= 0.3 is 0 Å². The summed E-state index contributed by atoms with van der Waals surface area (Å²) in [6.45, 7) is 8.35. The smallest absolute Gasteiger partial charge is 0.243 e. The second-order valence-corrected chi connectivity index (χ2v) is 11.1. The average Bonchev–Trinajstić information content (AvgIpc) is 3.13. The van der Waals surface area contributed by atoms with E-state index in [2.05, 4.69) is 24.5 Å². The number of carbonyl (C=O) groups is 4. The zero-order valence-electron chi connectivity index (χ0n) is 20.2. The van der Waals surface area contributed by atoms with E-state index in [-0.39, 0.29) is 59.2 Å². The number of carbonyl (C=O) groups excluding carboxylic acids is 4. The molecule has 4 amide bonds. The summed E-state index contributed by atoms with van der Waals surface area (Å²) in [6.07, 6.45) is 2.14. The Kier molecular flexibility index (Phi) is 7.55. The first-order valence-electron chi connectivity index (χ1n) is 12.0. The summed E-state index contributed by atoms with van der Waals surface area (Å²) in [5.41, 5.74) is 11.6. The van der Waals surface area contributed by atoms with Gasteiger partial charge in [-0.3, -0.25) is 19.2 Å². The number of hydrogen-bond acceptors (Lipinski definition) is 6. The Morgan fingerprint density at radius 3 is 2.44 bits per heavy atom. The number of nitrogens with two attached hydrogens (primary N) is 2. The zero-order chi connectivity index (χ0) is 24.1. The van der Waals surface area contributed by atoms with Crippen molar-refractivity contribution in [3.63, 3.8) is 0 Å². The summed E-state index contributed by atoms with van der Waals surface area (Å²) >= 11 is 0. The van der Waals surface area contributed by atoms with Crippen LogP contribution in [0, 0.1) is 28.6 Å². The van der Waals surface area contributed by atoms with Crippen LogP contribution in [-0.2, 0) is 23.9 Å². The number of likely N-dealkylation sites (tertiary alicyclic amines) is 1. The van der Waals surface area contributed by atoms with Gasteiger partial charge in [-0.2, -0.15) is 0 Å². The monoisotopic (exact) mass is 499 g/mol. The molecule has 3 saturated heterocycles. The minimum absolute atomic E-state index is 0. The predicted molar refractivity (Wildman–Crippen MR) is 127 cm³/mol. The van der Waals surface area contributed by atoms with Crippen LogP contribution in [0.4, 0.5) is 0 Å². The standard InChI is InChI=1S/C23H37N5O5.ClH/c1-22(2)13-11-28(21(32)17(24)23(3)5-8-33-9-6-23)16(15(13)22)20(31)27-14(18(25)29)10-12-4-7-26-19(12)30;/h12-17H,4-11,24H2,1-3H3,(H2,25,29)(H,26,30)(H,27,31);1H/t12-,13-,14-,15-,16-,17+;/m0./s1. The van der Waals surface area contributed by atoms with E-state index in [4.69, 9.17) is 16.2 Å². The van der Waals surface area contributed by atoms with Crippen molar-refractivity contribution in [2.75, 3.05) is 26.3 Å². The van der Waals surface area contributed by atoms with Gasteiger partial charge in [0.1, 0.15) is 12.1 Å². The number of halogens is 1. The lowest BCUT2D eigenvalue weighted by atomic mass is 9.75. The maximum absolute atomic E-state index is 13.5. The lowest BCUT2D eigenvalue weighted by Crippen LogP contribution is -2.60. The highest BCUT2D eigenvalue weighted by Crippen LogP contribution is 2.65. The quantitative estimate of drug-likeness (QED) is 0.371. The Labute approximate surface area is 206 Å². The molecule has 1 saturated carbocycles. The van der Waals surface area contributed by atoms with Crippen LogP contribution in [-0.4, -0.2) is 73.0 Å². The first kappa shape index (κ1) is 26.7. The molecule has 4 fully saturated rings. The molecule has 3 heterocycles. The number of amides is 4. The van der Waals surface area contributed by atoms with Gasteiger partial charge in [0.2, 0.25) is 23.6 Å². The molecule has 1 aliphatic carbocycles. The van der Waals surface area contributed by atoms with E-state index in [1.807, 2.05) is 6.92 Å². The zero-order valence-corrected chi connectivity index (χ0v) is 21.0. The van der Waals surface area contributed by atoms with E-state index in [1.165, 1.54) is 0 Å². The first-order valence-corrected chi connectivity index (χ1v) is 12.0. The molecule has 3 aliphatic heterocycles. The van der Waals surface area contributed by atoms with Crippen molar-refractivity contribution in [1.82, 2.24) is 15.5 Å². The number of nitrogens with zero attached hydrogens (tertiary/aromatic N) is 1. The molecular weight excluding hydrogens is 462 g/mol. The molecule has 4 rings (SSSR count). The van der Waals surface area contributed by atoms with E-state index in [1.54, 1.807) is 4.90 Å². The second-order valence-electron chi connectivity index (χ2n) is 11.1. The molecule has 192 valence electrons. The number of piperidine rings is 1. The first-order chi connectivity index (χ1) is 15.5. The van der Waals surface area contributed by atoms with Crippen LogP contribution in [0.25, 0.3) is 0 Å². The number of rotatable bonds is 7. The third-order valence-electron chi connectivity index (χ3n) is 8.76. The van der Waals surface area contributed by atoms with Gasteiger partial charge in [-0.1, -0.05) is 20.8 Å². The molecule has 0 aromatic carbocycles. The fraction of sp³-hybridized carbons (Fsp3) is 0.826. The highest BCUT2D eigenvalue weighted by atomic mass is 35.5. The van der Waals surface area contributed by atoms with Crippen LogP contribution in [0.1, 0.15) is 46.5 Å². The van der Waals surface area contributed by atoms with Crippen molar-refractivity contribution >= 4 is 36.0 Å². The van der Waals surface area contributed by atoms with Crippen LogP contribution < -0.4 is 22.1 Å². The second kappa shape index (κ2) is 9.62. The molecule has 10 nitrogen and oxygen atoms in total. The van der Waals surface area contributed by atoms with Gasteiger partial charge in [-0.25, -0.2) is 0 Å². The molecule has 11 heteroatoms. The van der Waals surface area contributed by atoms with Gasteiger partial charge in [-0.15, -0.1) is 12.4 Å². The summed E-state index contributed by atoms with van der Waals surface area (Å²) in [5, 5.41) is 5.50. The van der Waals surface area contributed by atoms with E-state index >= 15 is 0 Å². The normalized spacial score (nSPS) is 32.6. The topological polar surface area (TPSA) is 157 Å². The van der Waals surface area contributed by atoms with Crippen LogP contribution in [0.15, 0.2) is 0 Å². The van der Waals surface area contributed by atoms with Crippen LogP contribution >= 0.6 is 12.4 Å². The van der Waals surface area contributed by atoms with Gasteiger partial charge in [0.25, 0.3) is 0 Å². The summed E-state index contributed by atoms with van der Waals surface area (Å²) in [6, 6.07) is -2.40. The Bertz CT molecular complexity index is 846. The molecule has 0 aromatic rings. The fourth-order valence-electron chi connectivity index (χ4n) is 6.10. The molecule has 0 aromatic heterocycles. The lowest BCUT2D eigenvalue weighted by molar-refractivity contribution is -0.145. The molecule has 0 radical (unpaired) electrons. The summed E-state index contributed by atoms with van der Waals surface area (Å²) in [4.78, 5) is 52.7. The third kappa shape index (κ3) is 4.64. The molecule has 6 atom stereocenters. The van der Waals surface area contributed by atoms with Crippen molar-refractivity contribution in [3.05, 3.63) is 0 Å². The molecule has 0 bridgehead atoms. The van der Waals surface area contributed by atoms with Crippen LogP contribution in [0.3, 0.4) is 0 Å². The van der Waals surface area contributed by atoms with E-state index in [0.29, 0.717) is 45.6 Å². The number of nitrogens with one attached hydrogen (secondary N) is 2. The predicted octanol–water partition coefficient (Wildman–Crippen LogP) is -0.468. The minimum Gasteiger partial charge on any atom is -0.381 e. The van der Waals surface area contributed by atoms with Gasteiger partial charge in [0, 0.05) is 32.2 Å². The molecule has 0 unspecified atom stereocenters. The molecule has 6 N–H and O–H groups in total. The van der Waals surface area contributed by atoms with Gasteiger partial charge in [-0.05, 0) is 48.3 Å². The maximum Gasteiger partial charge on any atom is 0.243 e. The Morgan fingerprint density at radius 1 is 1.24 bits per heavy atom. The Morgan fingerprint density at radius 2 is 1.88 bits per heavy atom. The van der Waals surface area contributed by atoms with Crippen molar-refractivity contribution < 1.29 is 23.9 Å². The molecule has 34 heavy (non-hydrogen) atoms. The molecular formula is C23H38ClN5O5. The van der Waals surface area contributed by atoms with Crippen LogP contribution in [0.5, 0.6) is 0 Å². The Balaban J connectivity index is 0.00000324. The Hall–Kier alpha value is -1.91. The van der Waals surface area contributed by atoms with Crippen LogP contribution in [0.2, 0.25) is 0 Å². The molecule has 0 spiro atoms. The third-order valence-corrected chi connectivity index (χ3v) is 8.76. The van der Waals surface area contributed by atoms with Crippen molar-refractivity contribution in [1.29, 1.82) is 0 Å². The number of primary amides is 1. The highest BCUT2D eigenvalue weighted by Gasteiger charge is 2.69. The minimum atomic E-state index is -0.967. The van der Waals surface area contributed by atoms with Crippen molar-refractivity contribution in [2.24, 2.45) is 40.1 Å². The number of fused-ring (bicyclic) bond motifs is 1. The average molecular weight is 500 g/mol. The largest absolute Gasteiger partial charge is 0.381 e. The number of ether oxygens (including phenoxy) is 1. The van der Waals surface area contributed by atoms with Gasteiger partial charge in [0.15, 0.2) is 0 Å². The maximum atomic E-state index is 13.5. The lowest BCUT2D eigenvalue weighted by Gasteiger charge is -2.41. The van der Waals surface area contributed by atoms with E-state index in [0.717, 1.165) is 0 Å². The van der Waals surface area contributed by atoms with Crippen molar-refractivity contribution in [3.8, 4) is 0 Å². The molecule has 4 aliphatic rings. The fourth-order valence-corrected chi connectivity index (χ4v) is 6.10. The SMILES string of the molecule is CC1([C@H](N)C(=O)N2C[C@H]3[C@@H]([C@H]2C(=O)N[C@@H](C[C@@H]2CCNC2=O)C(N)=O)C3(C)C)CCOCC1.Cl. The summed E-state index contributed by atoms with van der Waals surface area (Å²) in [5.74, 6) is -1.60. The van der Waals surface area contributed by atoms with Crippen molar-refractivity contribution in [2.45, 2.75) is 64.6 Å². The number of hydrogen-bond donors (Lipinski definition) is 4. The highest BCUT2D eigenvalue weighted by molar-refractivity contribution is 5.94. The van der Waals surface area contributed by atoms with E-state index in [9.17, 15) is 19.2 Å². The summed E-state index contributed by atoms with van der Waals surface area (Å²) in [7, 11) is 0. The summed E-state index contributed by atoms with van der Waals surface area (Å²) < 4.78 is 5.44. The van der Waals surface area contributed by atoms with Gasteiger partial charge < -0.3 is 31.7 Å². The van der Waals surface area contributed by atoms with Gasteiger partial charge in [0.05, 0.1) is 6.04 Å².